The van der Waals surface area contributed by atoms with Crippen LogP contribution < -0.4 is 5.56 Å². The second kappa shape index (κ2) is 5.58. The summed E-state index contributed by atoms with van der Waals surface area (Å²) in [5.41, 5.74) is 2.73. The summed E-state index contributed by atoms with van der Waals surface area (Å²) in [4.78, 5) is 20.0. The highest BCUT2D eigenvalue weighted by Crippen LogP contribution is 2.32. The lowest BCUT2D eigenvalue weighted by Crippen LogP contribution is -2.25. The van der Waals surface area contributed by atoms with E-state index in [-0.39, 0.29) is 11.6 Å². The highest BCUT2D eigenvalue weighted by atomic mass is 32.1. The average Bonchev–Trinajstić information content (AvgIpc) is 3.20. The Labute approximate surface area is 137 Å². The summed E-state index contributed by atoms with van der Waals surface area (Å²) in [7, 11) is 0. The molecule has 1 saturated heterocycles. The summed E-state index contributed by atoms with van der Waals surface area (Å²) in [6, 6.07) is 3.89. The first-order valence-electron chi connectivity index (χ1n) is 7.76. The molecule has 0 radical (unpaired) electrons. The molecule has 120 valence electrons. The second-order valence-corrected chi connectivity index (χ2v) is 6.91. The number of hydrogen-bond acceptors (Lipinski definition) is 6. The van der Waals surface area contributed by atoms with Gasteiger partial charge in [-0.25, -0.2) is 4.98 Å². The Balaban J connectivity index is 1.63. The molecule has 0 unspecified atom stereocenters. The van der Waals surface area contributed by atoms with Crippen molar-refractivity contribution in [3.63, 3.8) is 0 Å². The molecule has 1 aliphatic rings. The van der Waals surface area contributed by atoms with Crippen molar-refractivity contribution in [1.29, 1.82) is 0 Å². The van der Waals surface area contributed by atoms with Crippen LogP contribution in [-0.4, -0.2) is 26.0 Å². The Morgan fingerprint density at radius 1 is 1.39 bits per heavy atom. The summed E-state index contributed by atoms with van der Waals surface area (Å²) >= 11 is 1.51. The smallest absolute Gasteiger partial charge is 0.259 e. The lowest BCUT2D eigenvalue weighted by molar-refractivity contribution is 0.234. The van der Waals surface area contributed by atoms with Gasteiger partial charge in [0.15, 0.2) is 4.96 Å². The zero-order valence-corrected chi connectivity index (χ0v) is 14.0. The van der Waals surface area contributed by atoms with E-state index in [1.54, 1.807) is 10.5 Å². The van der Waals surface area contributed by atoms with Gasteiger partial charge in [0.05, 0.1) is 11.7 Å². The first-order valence-corrected chi connectivity index (χ1v) is 8.64. The second-order valence-electron chi connectivity index (χ2n) is 6.07. The van der Waals surface area contributed by atoms with E-state index in [1.807, 2.05) is 25.3 Å². The summed E-state index contributed by atoms with van der Waals surface area (Å²) in [6.07, 6.45) is 2.18. The van der Waals surface area contributed by atoms with E-state index in [9.17, 15) is 4.79 Å². The van der Waals surface area contributed by atoms with Gasteiger partial charge in [-0.05, 0) is 33.2 Å². The van der Waals surface area contributed by atoms with E-state index in [0.717, 1.165) is 47.2 Å². The number of rotatable bonds is 3. The number of nitrogens with zero attached hydrogens (tertiary/aromatic N) is 4. The number of aromatic nitrogens is 3. The molecule has 23 heavy (non-hydrogen) atoms. The summed E-state index contributed by atoms with van der Waals surface area (Å²) in [6.45, 7) is 5.49. The Bertz CT molecular complexity index is 910. The monoisotopic (exact) mass is 330 g/mol. The summed E-state index contributed by atoms with van der Waals surface area (Å²) < 4.78 is 6.87. The fraction of sp³-hybridized carbons (Fsp3) is 0.438. The molecule has 0 spiro atoms. The van der Waals surface area contributed by atoms with E-state index in [4.69, 9.17) is 4.52 Å². The zero-order valence-electron chi connectivity index (χ0n) is 13.2. The predicted octanol–water partition coefficient (Wildman–Crippen LogP) is 2.70. The highest BCUT2D eigenvalue weighted by Gasteiger charge is 2.29. The third kappa shape index (κ3) is 2.60. The molecule has 0 N–H and O–H groups in total. The Hall–Kier alpha value is -1.99. The highest BCUT2D eigenvalue weighted by molar-refractivity contribution is 7.15. The normalized spacial score (nSPS) is 19.0. The predicted molar refractivity (Wildman–Crippen MR) is 87.7 cm³/mol. The number of aryl methyl sites for hydroxylation is 2. The standard InChI is InChI=1S/C16H18N4O2S/c1-10-9-23-16-17-12(7-15(21)20(10)16)8-19-5-3-4-14(19)13-6-11(2)22-18-13/h6-7,9,14H,3-5,8H2,1-2H3/t14-/m1/s1. The van der Waals surface area contributed by atoms with Crippen molar-refractivity contribution in [2.45, 2.75) is 39.3 Å². The number of hydrogen-bond donors (Lipinski definition) is 0. The molecule has 4 rings (SSSR count). The molecule has 1 fully saturated rings. The first kappa shape index (κ1) is 14.6. The van der Waals surface area contributed by atoms with Crippen LogP contribution in [0.15, 0.2) is 26.8 Å². The number of thiazole rings is 1. The van der Waals surface area contributed by atoms with Crippen molar-refractivity contribution in [3.8, 4) is 0 Å². The van der Waals surface area contributed by atoms with Crippen molar-refractivity contribution >= 4 is 16.3 Å². The van der Waals surface area contributed by atoms with Gasteiger partial charge >= 0.3 is 0 Å². The van der Waals surface area contributed by atoms with Crippen LogP contribution >= 0.6 is 11.3 Å². The van der Waals surface area contributed by atoms with Crippen molar-refractivity contribution in [1.82, 2.24) is 19.4 Å². The van der Waals surface area contributed by atoms with Crippen LogP contribution in [0.1, 0.15) is 41.7 Å². The minimum atomic E-state index is -0.00298. The van der Waals surface area contributed by atoms with Gasteiger partial charge in [0.25, 0.3) is 5.56 Å². The fourth-order valence-corrected chi connectivity index (χ4v) is 4.17. The molecule has 0 aromatic carbocycles. The Morgan fingerprint density at radius 3 is 3.04 bits per heavy atom. The minimum absolute atomic E-state index is 0.00298. The molecule has 4 heterocycles. The molecule has 3 aromatic heterocycles. The molecule has 1 atom stereocenters. The lowest BCUT2D eigenvalue weighted by Gasteiger charge is -2.22. The van der Waals surface area contributed by atoms with E-state index >= 15 is 0 Å². The molecule has 6 nitrogen and oxygen atoms in total. The summed E-state index contributed by atoms with van der Waals surface area (Å²) in [5, 5.41) is 6.12. The van der Waals surface area contributed by atoms with Gasteiger partial charge in [0, 0.05) is 29.8 Å². The van der Waals surface area contributed by atoms with Crippen LogP contribution in [0.5, 0.6) is 0 Å². The quantitative estimate of drug-likeness (QED) is 0.739. The van der Waals surface area contributed by atoms with E-state index < -0.39 is 0 Å². The van der Waals surface area contributed by atoms with Gasteiger partial charge in [-0.1, -0.05) is 5.16 Å². The van der Waals surface area contributed by atoms with Crippen LogP contribution in [0.25, 0.3) is 4.96 Å². The minimum Gasteiger partial charge on any atom is -0.361 e. The van der Waals surface area contributed by atoms with Crippen LogP contribution in [0.4, 0.5) is 0 Å². The lowest BCUT2D eigenvalue weighted by atomic mass is 10.1. The van der Waals surface area contributed by atoms with Crippen molar-refractivity contribution in [3.05, 3.63) is 50.7 Å². The van der Waals surface area contributed by atoms with E-state index in [2.05, 4.69) is 15.0 Å². The van der Waals surface area contributed by atoms with Crippen LogP contribution in [0.3, 0.4) is 0 Å². The molecule has 1 aliphatic heterocycles. The SMILES string of the molecule is Cc1cc([C@H]2CCCN2Cc2cc(=O)n3c(C)csc3n2)no1. The van der Waals surface area contributed by atoms with E-state index in [1.165, 1.54) is 11.3 Å². The molecule has 0 bridgehead atoms. The Kier molecular flexibility index (Phi) is 3.54. The molecule has 0 saturated carbocycles. The van der Waals surface area contributed by atoms with Gasteiger partial charge in [0.1, 0.15) is 11.5 Å². The molecule has 3 aromatic rings. The molecular formula is C16H18N4O2S. The van der Waals surface area contributed by atoms with Crippen LogP contribution in [0.2, 0.25) is 0 Å². The number of fused-ring (bicyclic) bond motifs is 1. The maximum atomic E-state index is 12.3. The molecular weight excluding hydrogens is 312 g/mol. The number of likely N-dealkylation sites (tertiary alicyclic amines) is 1. The molecule has 0 aliphatic carbocycles. The van der Waals surface area contributed by atoms with Gasteiger partial charge in [-0.2, -0.15) is 0 Å². The van der Waals surface area contributed by atoms with Crippen LogP contribution in [0, 0.1) is 13.8 Å². The topological polar surface area (TPSA) is 63.6 Å². The van der Waals surface area contributed by atoms with Gasteiger partial charge in [-0.15, -0.1) is 11.3 Å². The van der Waals surface area contributed by atoms with Gasteiger partial charge in [0.2, 0.25) is 0 Å². The van der Waals surface area contributed by atoms with Gasteiger partial charge < -0.3 is 4.52 Å². The molecule has 7 heteroatoms. The Morgan fingerprint density at radius 2 is 2.26 bits per heavy atom. The fourth-order valence-electron chi connectivity index (χ4n) is 3.28. The van der Waals surface area contributed by atoms with Crippen LogP contribution in [-0.2, 0) is 6.54 Å². The van der Waals surface area contributed by atoms with Crippen molar-refractivity contribution in [2.24, 2.45) is 0 Å². The first-order chi connectivity index (χ1) is 11.1. The maximum absolute atomic E-state index is 12.3. The van der Waals surface area contributed by atoms with Crippen molar-refractivity contribution in [2.75, 3.05) is 6.54 Å². The zero-order chi connectivity index (χ0) is 16.0. The van der Waals surface area contributed by atoms with Gasteiger partial charge in [-0.3, -0.25) is 14.1 Å². The maximum Gasteiger partial charge on any atom is 0.259 e. The largest absolute Gasteiger partial charge is 0.361 e. The summed E-state index contributed by atoms with van der Waals surface area (Å²) in [5.74, 6) is 0.832. The third-order valence-corrected chi connectivity index (χ3v) is 5.29. The molecule has 0 amide bonds. The van der Waals surface area contributed by atoms with E-state index in [0.29, 0.717) is 6.54 Å². The third-order valence-electron chi connectivity index (χ3n) is 4.34. The van der Waals surface area contributed by atoms with Crippen molar-refractivity contribution < 1.29 is 4.52 Å². The average molecular weight is 330 g/mol.